The number of alkyl halides is 1. The number of hydrogen-bond donors (Lipinski definition) is 3. The van der Waals surface area contributed by atoms with E-state index in [1.165, 1.54) is 12.1 Å². The molecule has 0 aliphatic carbocycles. The molecule has 4 N–H and O–H groups in total. The van der Waals surface area contributed by atoms with E-state index in [0.29, 0.717) is 4.88 Å². The number of aliphatic hydroxyl groups excluding tert-OH is 2. The Balaban J connectivity index is 2.94. The van der Waals surface area contributed by atoms with E-state index in [-0.39, 0.29) is 10.1 Å². The molecular weight excluding hydrogens is 262 g/mol. The minimum absolute atomic E-state index is 0.0571. The van der Waals surface area contributed by atoms with E-state index in [4.69, 9.17) is 16.7 Å². The number of sulfonamides is 1. The molecule has 0 spiro atoms. The van der Waals surface area contributed by atoms with Crippen LogP contribution in [0.2, 0.25) is 0 Å². The van der Waals surface area contributed by atoms with Crippen molar-refractivity contribution in [1.29, 1.82) is 0 Å². The minimum Gasteiger partial charge on any atom is -0.389 e. The second kappa shape index (κ2) is 4.77. The number of hydrogen-bond acceptors (Lipinski definition) is 5. The number of nitrogens with two attached hydrogens (primary N) is 1. The van der Waals surface area contributed by atoms with Crippen molar-refractivity contribution >= 4 is 33.0 Å². The Morgan fingerprint density at radius 1 is 1.47 bits per heavy atom. The smallest absolute Gasteiger partial charge is 0.247 e. The molecule has 86 valence electrons. The van der Waals surface area contributed by atoms with E-state index in [1.54, 1.807) is 0 Å². The van der Waals surface area contributed by atoms with E-state index in [9.17, 15) is 18.6 Å². The summed E-state index contributed by atoms with van der Waals surface area (Å²) in [6, 6.07) is 2.67. The molecule has 0 saturated heterocycles. The molecule has 5 nitrogen and oxygen atoms in total. The van der Waals surface area contributed by atoms with E-state index in [2.05, 4.69) is 0 Å². The topological polar surface area (TPSA) is 101 Å². The zero-order chi connectivity index (χ0) is 11.6. The zero-order valence-corrected chi connectivity index (χ0v) is 9.89. The van der Waals surface area contributed by atoms with Gasteiger partial charge >= 0.3 is 0 Å². The molecule has 1 rings (SSSR count). The van der Waals surface area contributed by atoms with Crippen molar-refractivity contribution in [2.75, 3.05) is 5.88 Å². The molecule has 1 heterocycles. The van der Waals surface area contributed by atoms with Crippen LogP contribution in [0, 0.1) is 0 Å². The van der Waals surface area contributed by atoms with Gasteiger partial charge < -0.3 is 10.2 Å². The first-order valence-corrected chi connectivity index (χ1v) is 6.80. The molecule has 2 unspecified atom stereocenters. The largest absolute Gasteiger partial charge is 0.389 e. The fourth-order valence-electron chi connectivity index (χ4n) is 0.920. The summed E-state index contributed by atoms with van der Waals surface area (Å²) in [5, 5.41) is 23.6. The predicted octanol–water partition coefficient (Wildman–Crippen LogP) is 0.0286. The van der Waals surface area contributed by atoms with Crippen LogP contribution >= 0.6 is 22.9 Å². The maximum Gasteiger partial charge on any atom is 0.247 e. The first-order valence-electron chi connectivity index (χ1n) is 3.91. The van der Waals surface area contributed by atoms with Gasteiger partial charge in [0, 0.05) is 4.88 Å². The maximum atomic E-state index is 10.9. The summed E-state index contributed by atoms with van der Waals surface area (Å²) in [6.07, 6.45) is -2.32. The molecule has 0 amide bonds. The van der Waals surface area contributed by atoms with Gasteiger partial charge in [0.05, 0.1) is 12.0 Å². The van der Waals surface area contributed by atoms with Gasteiger partial charge in [-0.25, -0.2) is 13.6 Å². The van der Waals surface area contributed by atoms with Crippen molar-refractivity contribution in [2.45, 2.75) is 16.4 Å². The molecule has 0 aromatic carbocycles. The molecule has 0 aliphatic heterocycles. The summed E-state index contributed by atoms with van der Waals surface area (Å²) in [4.78, 5) is 0.312. The second-order valence-electron chi connectivity index (χ2n) is 2.87. The highest BCUT2D eigenvalue weighted by Crippen LogP contribution is 2.28. The van der Waals surface area contributed by atoms with Crippen LogP contribution in [0.5, 0.6) is 0 Å². The molecule has 1 aromatic heterocycles. The van der Waals surface area contributed by atoms with Crippen LogP contribution in [-0.2, 0) is 10.0 Å². The van der Waals surface area contributed by atoms with Gasteiger partial charge in [-0.05, 0) is 12.1 Å². The lowest BCUT2D eigenvalue weighted by Gasteiger charge is -2.12. The quantitative estimate of drug-likeness (QED) is 0.673. The Labute approximate surface area is 96.2 Å². The van der Waals surface area contributed by atoms with Gasteiger partial charge in [0.1, 0.15) is 10.3 Å². The van der Waals surface area contributed by atoms with Crippen molar-refractivity contribution in [3.63, 3.8) is 0 Å². The molecule has 8 heteroatoms. The molecule has 0 fully saturated rings. The van der Waals surface area contributed by atoms with Crippen LogP contribution in [0.1, 0.15) is 11.0 Å². The lowest BCUT2D eigenvalue weighted by atomic mass is 10.2. The van der Waals surface area contributed by atoms with Crippen molar-refractivity contribution in [3.05, 3.63) is 17.0 Å². The van der Waals surface area contributed by atoms with Crippen LogP contribution in [0.25, 0.3) is 0 Å². The summed E-state index contributed by atoms with van der Waals surface area (Å²) < 4.78 is 21.8. The predicted molar refractivity (Wildman–Crippen MR) is 57.4 cm³/mol. The lowest BCUT2D eigenvalue weighted by Crippen LogP contribution is -2.18. The third kappa shape index (κ3) is 3.13. The number of rotatable bonds is 4. The average molecular weight is 272 g/mol. The van der Waals surface area contributed by atoms with Crippen molar-refractivity contribution < 1.29 is 18.6 Å². The summed E-state index contributed by atoms with van der Waals surface area (Å²) >= 11 is 6.16. The SMILES string of the molecule is NS(=O)(=O)c1ccc(C(O)C(O)CCl)s1. The van der Waals surface area contributed by atoms with E-state index in [0.717, 1.165) is 11.3 Å². The molecule has 0 aliphatic rings. The van der Waals surface area contributed by atoms with E-state index in [1.807, 2.05) is 0 Å². The minimum atomic E-state index is -3.76. The van der Waals surface area contributed by atoms with E-state index < -0.39 is 22.2 Å². The Morgan fingerprint density at radius 3 is 2.47 bits per heavy atom. The number of primary sulfonamides is 1. The average Bonchev–Trinajstić information content (AvgIpc) is 2.63. The first-order chi connectivity index (χ1) is 6.86. The van der Waals surface area contributed by atoms with Crippen molar-refractivity contribution in [3.8, 4) is 0 Å². The molecule has 15 heavy (non-hydrogen) atoms. The van der Waals surface area contributed by atoms with Crippen molar-refractivity contribution in [2.24, 2.45) is 5.14 Å². The van der Waals surface area contributed by atoms with Crippen LogP contribution in [0.15, 0.2) is 16.3 Å². The Morgan fingerprint density at radius 2 is 2.07 bits per heavy atom. The number of thiophene rings is 1. The number of halogens is 1. The second-order valence-corrected chi connectivity index (χ2v) is 6.08. The van der Waals surface area contributed by atoms with Gasteiger partial charge in [-0.3, -0.25) is 0 Å². The normalized spacial score (nSPS) is 16.3. The summed E-state index contributed by atoms with van der Waals surface area (Å²) in [5.74, 6) is -0.135. The van der Waals surface area contributed by atoms with Gasteiger partial charge in [0.15, 0.2) is 0 Å². The maximum absolute atomic E-state index is 10.9. The van der Waals surface area contributed by atoms with Gasteiger partial charge in [-0.15, -0.1) is 22.9 Å². The third-order valence-corrected chi connectivity index (χ3v) is 4.61. The van der Waals surface area contributed by atoms with Crippen LogP contribution in [0.3, 0.4) is 0 Å². The van der Waals surface area contributed by atoms with Gasteiger partial charge in [-0.2, -0.15) is 0 Å². The Hall–Kier alpha value is -0.180. The highest BCUT2D eigenvalue weighted by Gasteiger charge is 2.21. The van der Waals surface area contributed by atoms with Crippen LogP contribution in [-0.4, -0.2) is 30.6 Å². The molecule has 0 saturated carbocycles. The van der Waals surface area contributed by atoms with Crippen molar-refractivity contribution in [1.82, 2.24) is 0 Å². The standard InChI is InChI=1S/C7H10ClNO4S2/c8-3-4(10)7(11)5-1-2-6(14-5)15(9,12)13/h1-2,4,7,10-11H,3H2,(H2,9,12,13). The third-order valence-electron chi connectivity index (χ3n) is 1.70. The molecule has 2 atom stereocenters. The van der Waals surface area contributed by atoms with Gasteiger partial charge in [0.25, 0.3) is 0 Å². The molecule has 0 radical (unpaired) electrons. The highest BCUT2D eigenvalue weighted by molar-refractivity contribution is 7.91. The fraction of sp³-hybridized carbons (Fsp3) is 0.429. The van der Waals surface area contributed by atoms with Crippen LogP contribution < -0.4 is 5.14 Å². The fourth-order valence-corrected chi connectivity index (χ4v) is 2.88. The van der Waals surface area contributed by atoms with Crippen LogP contribution in [0.4, 0.5) is 0 Å². The zero-order valence-electron chi connectivity index (χ0n) is 7.50. The van der Waals surface area contributed by atoms with Gasteiger partial charge in [0.2, 0.25) is 10.0 Å². The Kier molecular flexibility index (Phi) is 4.10. The van der Waals surface area contributed by atoms with E-state index >= 15 is 0 Å². The molecule has 1 aromatic rings. The first kappa shape index (κ1) is 12.9. The summed E-state index contributed by atoms with van der Waals surface area (Å²) in [6.45, 7) is 0. The Bertz CT molecular complexity index is 430. The summed E-state index contributed by atoms with van der Waals surface area (Å²) in [7, 11) is -3.76. The lowest BCUT2D eigenvalue weighted by molar-refractivity contribution is 0.0350. The highest BCUT2D eigenvalue weighted by atomic mass is 35.5. The monoisotopic (exact) mass is 271 g/mol. The molecular formula is C7H10ClNO4S2. The number of aliphatic hydroxyl groups is 2. The molecule has 0 bridgehead atoms. The summed E-state index contributed by atoms with van der Waals surface area (Å²) in [5.41, 5.74) is 0. The van der Waals surface area contributed by atoms with Gasteiger partial charge in [-0.1, -0.05) is 0 Å².